The summed E-state index contributed by atoms with van der Waals surface area (Å²) < 4.78 is 0. The van der Waals surface area contributed by atoms with Gasteiger partial charge in [0.1, 0.15) is 24.2 Å². The number of nitrogens with two attached hydrogens (primary N) is 3. The quantitative estimate of drug-likeness (QED) is 0.0707. The van der Waals surface area contributed by atoms with Crippen LogP contribution in [0.1, 0.15) is 51.0 Å². The smallest absolute Gasteiger partial charge is 0.326 e. The third-order valence-electron chi connectivity index (χ3n) is 6.81. The van der Waals surface area contributed by atoms with Gasteiger partial charge in [0, 0.05) is 32.1 Å². The van der Waals surface area contributed by atoms with Gasteiger partial charge in [0.25, 0.3) is 0 Å². The van der Waals surface area contributed by atoms with Gasteiger partial charge >= 0.3 is 11.9 Å². The summed E-state index contributed by atoms with van der Waals surface area (Å²) in [5, 5.41) is 20.6. The van der Waals surface area contributed by atoms with E-state index in [0.717, 1.165) is 12.0 Å². The summed E-state index contributed by atoms with van der Waals surface area (Å²) in [6.45, 7) is 3.09. The molecule has 13 nitrogen and oxygen atoms in total. The average molecular weight is 572 g/mol. The van der Waals surface area contributed by atoms with Gasteiger partial charge in [-0.15, -0.1) is 0 Å². The number of carboxylic acids is 2. The molecule has 0 aromatic heterocycles. The molecule has 3 rings (SSSR count). The lowest BCUT2D eigenvalue weighted by atomic mass is 10.1. The maximum Gasteiger partial charge on any atom is 0.326 e. The van der Waals surface area contributed by atoms with E-state index in [9.17, 15) is 24.3 Å². The zero-order valence-corrected chi connectivity index (χ0v) is 23.4. The topological polar surface area (TPSA) is 218 Å². The number of likely N-dealkylation sites (tertiary alicyclic amines) is 2. The summed E-state index contributed by atoms with van der Waals surface area (Å²) in [5.74, 6) is 0.612. The molecule has 1 aromatic carbocycles. The second-order valence-electron chi connectivity index (χ2n) is 9.94. The highest BCUT2D eigenvalue weighted by atomic mass is 16.4. The largest absolute Gasteiger partial charge is 0.480 e. The molecule has 0 saturated carbocycles. The van der Waals surface area contributed by atoms with Crippen LogP contribution in [0.3, 0.4) is 0 Å². The van der Waals surface area contributed by atoms with Crippen LogP contribution in [-0.4, -0.2) is 93.5 Å². The Kier molecular flexibility index (Phi) is 13.4. The number of hydrogen-bond donors (Lipinski definition) is 6. The van der Waals surface area contributed by atoms with Crippen LogP contribution in [0, 0.1) is 12.0 Å². The zero-order valence-electron chi connectivity index (χ0n) is 23.4. The van der Waals surface area contributed by atoms with Gasteiger partial charge < -0.3 is 42.5 Å². The predicted octanol–water partition coefficient (Wildman–Crippen LogP) is -0.313. The molecule has 2 amide bonds. The third kappa shape index (κ3) is 10.6. The lowest BCUT2D eigenvalue weighted by Gasteiger charge is -2.31. The molecule has 2 saturated heterocycles. The van der Waals surface area contributed by atoms with Crippen LogP contribution in [0.25, 0.3) is 0 Å². The Hall–Kier alpha value is -4.31. The summed E-state index contributed by atoms with van der Waals surface area (Å²) in [6, 6.07) is 9.96. The fourth-order valence-corrected chi connectivity index (χ4v) is 4.62. The highest BCUT2D eigenvalue weighted by molar-refractivity contribution is 5.92. The number of nitrogens with one attached hydrogen (secondary N) is 1. The normalized spacial score (nSPS) is 19.1. The Labute approximate surface area is 240 Å². The molecule has 2 heterocycles. The van der Waals surface area contributed by atoms with E-state index in [-0.39, 0.29) is 17.8 Å². The van der Waals surface area contributed by atoms with Gasteiger partial charge in [-0.3, -0.25) is 19.4 Å². The van der Waals surface area contributed by atoms with Gasteiger partial charge in [-0.25, -0.2) is 4.79 Å². The van der Waals surface area contributed by atoms with Gasteiger partial charge in [-0.2, -0.15) is 0 Å². The molecule has 0 unspecified atom stereocenters. The fourth-order valence-electron chi connectivity index (χ4n) is 4.62. The monoisotopic (exact) mass is 571 g/mol. The van der Waals surface area contributed by atoms with Crippen molar-refractivity contribution in [3.8, 4) is 12.0 Å². The summed E-state index contributed by atoms with van der Waals surface area (Å²) >= 11 is 0. The van der Waals surface area contributed by atoms with Gasteiger partial charge in [-0.1, -0.05) is 36.3 Å². The maximum absolute atomic E-state index is 12.9. The molecule has 9 N–H and O–H groups in total. The van der Waals surface area contributed by atoms with E-state index in [1.807, 2.05) is 30.3 Å². The van der Waals surface area contributed by atoms with E-state index in [1.165, 1.54) is 4.90 Å². The molecule has 0 bridgehead atoms. The molecule has 0 radical (unpaired) electrons. The highest BCUT2D eigenvalue weighted by Gasteiger charge is 2.42. The number of aliphatic carboxylic acids is 2. The molecule has 2 fully saturated rings. The number of benzene rings is 1. The van der Waals surface area contributed by atoms with Gasteiger partial charge in [0.15, 0.2) is 5.96 Å². The highest BCUT2D eigenvalue weighted by Crippen LogP contribution is 2.25. The molecular formula is C28H41N7O6. The third-order valence-corrected chi connectivity index (χ3v) is 6.81. The minimum absolute atomic E-state index is 0.0129. The lowest BCUT2D eigenvalue weighted by molar-refractivity contribution is -0.152. The molecule has 41 heavy (non-hydrogen) atoms. The molecule has 4 atom stereocenters. The molecule has 13 heteroatoms. The van der Waals surface area contributed by atoms with E-state index in [1.54, 1.807) is 11.8 Å². The Morgan fingerprint density at radius 1 is 1.05 bits per heavy atom. The summed E-state index contributed by atoms with van der Waals surface area (Å²) in [5.41, 5.74) is 16.4. The van der Waals surface area contributed by atoms with Crippen molar-refractivity contribution in [3.05, 3.63) is 35.9 Å². The van der Waals surface area contributed by atoms with Gasteiger partial charge in [-0.05, 0) is 51.0 Å². The van der Waals surface area contributed by atoms with Gasteiger partial charge in [0.2, 0.25) is 11.8 Å². The van der Waals surface area contributed by atoms with Crippen LogP contribution in [0.2, 0.25) is 0 Å². The Morgan fingerprint density at radius 2 is 1.68 bits per heavy atom. The molecule has 224 valence electrons. The summed E-state index contributed by atoms with van der Waals surface area (Å²) in [7, 11) is 0. The minimum Gasteiger partial charge on any atom is -0.480 e. The number of nitrogens with zero attached hydrogens (tertiary/aromatic N) is 3. The van der Waals surface area contributed by atoms with Crippen molar-refractivity contribution >= 4 is 29.7 Å². The molecule has 1 aromatic rings. The second kappa shape index (κ2) is 16.7. The first-order chi connectivity index (χ1) is 19.5. The van der Waals surface area contributed by atoms with Crippen LogP contribution in [0.15, 0.2) is 35.3 Å². The van der Waals surface area contributed by atoms with E-state index < -0.39 is 36.1 Å². The van der Waals surface area contributed by atoms with Crippen LogP contribution in [0.4, 0.5) is 0 Å². The van der Waals surface area contributed by atoms with Crippen molar-refractivity contribution in [2.45, 2.75) is 76.0 Å². The average Bonchev–Trinajstić information content (AvgIpc) is 3.64. The molecular weight excluding hydrogens is 530 g/mol. The minimum atomic E-state index is -1.00. The standard InChI is InChI=1S/C22H27N3O4.C6H14N4O2/c1-16(23-13-5-10-17-8-3-2-4-9-17)20(26)24-14-6-11-18(24)21(27)25-15-7-12-19(25)22(28)29;7-4(5(11)12)2-1-3-10-6(8)9/h2-4,8-9,16,18-19,23H,6-7,10-12,14-15H2,1H3,(H,28,29);4H,1-3,7H2,(H,11,12)(H4,8,9,10)/t16-,18-,19-;4-/m00/s1. The molecule has 2 aliphatic heterocycles. The first-order valence-corrected chi connectivity index (χ1v) is 13.7. The molecule has 0 spiro atoms. The zero-order chi connectivity index (χ0) is 30.4. The van der Waals surface area contributed by atoms with E-state index >= 15 is 0 Å². The number of aliphatic imine (C=N–C) groups is 1. The van der Waals surface area contributed by atoms with Gasteiger partial charge in [0.05, 0.1) is 0 Å². The summed E-state index contributed by atoms with van der Waals surface area (Å²) in [6.07, 6.45) is 4.00. The van der Waals surface area contributed by atoms with Crippen LogP contribution >= 0.6 is 0 Å². The lowest BCUT2D eigenvalue weighted by Crippen LogP contribution is -2.53. The first kappa shape index (κ1) is 32.9. The number of carboxylic acid groups (broad SMARTS) is 2. The van der Waals surface area contributed by atoms with E-state index in [0.29, 0.717) is 58.2 Å². The number of rotatable bonds is 10. The van der Waals surface area contributed by atoms with Crippen LogP contribution in [0.5, 0.6) is 0 Å². The number of carbonyl (C=O) groups excluding carboxylic acids is 2. The van der Waals surface area contributed by atoms with E-state index in [2.05, 4.69) is 22.3 Å². The van der Waals surface area contributed by atoms with Crippen molar-refractivity contribution in [1.29, 1.82) is 0 Å². The number of carbonyl (C=O) groups is 4. The number of amides is 2. The first-order valence-electron chi connectivity index (χ1n) is 13.7. The Bertz CT molecular complexity index is 1130. The van der Waals surface area contributed by atoms with Crippen molar-refractivity contribution < 1.29 is 29.4 Å². The Balaban J connectivity index is 0.000000415. The fraction of sp³-hybridized carbons (Fsp3) is 0.536. The Morgan fingerprint density at radius 3 is 2.29 bits per heavy atom. The number of hydrogen-bond acceptors (Lipinski definition) is 7. The summed E-state index contributed by atoms with van der Waals surface area (Å²) in [4.78, 5) is 54.1. The van der Waals surface area contributed by atoms with E-state index in [4.69, 9.17) is 22.3 Å². The van der Waals surface area contributed by atoms with Crippen molar-refractivity contribution in [2.75, 3.05) is 19.6 Å². The van der Waals surface area contributed by atoms with Crippen LogP contribution in [-0.2, 0) is 25.6 Å². The maximum atomic E-state index is 12.9. The van der Waals surface area contributed by atoms with Crippen molar-refractivity contribution in [1.82, 2.24) is 15.1 Å². The number of guanidine groups is 1. The van der Waals surface area contributed by atoms with Crippen molar-refractivity contribution in [3.63, 3.8) is 0 Å². The van der Waals surface area contributed by atoms with Crippen LogP contribution < -0.4 is 22.5 Å². The SMILES string of the molecule is C[C@H](NC#CCc1ccccc1)C(=O)N1CCC[C@H]1C(=O)N1CCC[C@H]1C(=O)O.NC(N)=NCCC[C@H](N)C(=O)O. The molecule has 2 aliphatic rings. The predicted molar refractivity (Wildman–Crippen MR) is 153 cm³/mol. The van der Waals surface area contributed by atoms with Crippen molar-refractivity contribution in [2.24, 2.45) is 22.2 Å². The second-order valence-corrected chi connectivity index (χ2v) is 9.94. The molecule has 0 aliphatic carbocycles.